The fourth-order valence-corrected chi connectivity index (χ4v) is 1.77. The van der Waals surface area contributed by atoms with Gasteiger partial charge in [-0.1, -0.05) is 12.1 Å². The number of nitrogens with one attached hydrogen (secondary N) is 1. The molecule has 0 fully saturated rings. The van der Waals surface area contributed by atoms with Crippen LogP contribution in [0.3, 0.4) is 0 Å². The van der Waals surface area contributed by atoms with Crippen molar-refractivity contribution in [3.8, 4) is 5.75 Å². The number of anilines is 2. The molecule has 6 nitrogen and oxygen atoms in total. The molecule has 0 atom stereocenters. The number of aromatic hydroxyl groups is 1. The maximum Gasteiger partial charge on any atom is 0.163 e. The Morgan fingerprint density at radius 2 is 2.06 bits per heavy atom. The Kier molecular flexibility index (Phi) is 2.33. The molecule has 0 saturated carbocycles. The van der Waals surface area contributed by atoms with E-state index in [4.69, 9.17) is 0 Å². The molecule has 0 amide bonds. The number of aromatic nitrogens is 4. The minimum atomic E-state index is 0.174. The zero-order chi connectivity index (χ0) is 12.5. The van der Waals surface area contributed by atoms with Gasteiger partial charge in [0.2, 0.25) is 0 Å². The SMILES string of the molecule is Cn1ncc2c(Nc3ccccc3O)ncnc21. The molecule has 1 aromatic carbocycles. The van der Waals surface area contributed by atoms with Crippen molar-refractivity contribution in [3.63, 3.8) is 0 Å². The Labute approximate surface area is 103 Å². The summed E-state index contributed by atoms with van der Waals surface area (Å²) < 4.78 is 1.67. The number of fused-ring (bicyclic) bond motifs is 1. The van der Waals surface area contributed by atoms with Gasteiger partial charge in [0.25, 0.3) is 0 Å². The van der Waals surface area contributed by atoms with Gasteiger partial charge in [0.1, 0.15) is 17.9 Å². The third-order valence-corrected chi connectivity index (χ3v) is 2.69. The number of para-hydroxylation sites is 2. The largest absolute Gasteiger partial charge is 0.506 e. The second kappa shape index (κ2) is 3.99. The molecule has 0 radical (unpaired) electrons. The minimum Gasteiger partial charge on any atom is -0.506 e. The lowest BCUT2D eigenvalue weighted by Gasteiger charge is -2.07. The van der Waals surface area contributed by atoms with E-state index in [9.17, 15) is 5.11 Å². The molecular weight excluding hydrogens is 230 g/mol. The van der Waals surface area contributed by atoms with Gasteiger partial charge >= 0.3 is 0 Å². The molecule has 18 heavy (non-hydrogen) atoms. The van der Waals surface area contributed by atoms with Crippen LogP contribution in [0.4, 0.5) is 11.5 Å². The number of aryl methyl sites for hydroxylation is 1. The van der Waals surface area contributed by atoms with Crippen molar-refractivity contribution in [2.24, 2.45) is 7.05 Å². The first-order valence-electron chi connectivity index (χ1n) is 5.43. The zero-order valence-electron chi connectivity index (χ0n) is 9.70. The summed E-state index contributed by atoms with van der Waals surface area (Å²) >= 11 is 0. The quantitative estimate of drug-likeness (QED) is 0.669. The molecule has 0 saturated heterocycles. The number of benzene rings is 1. The molecule has 0 spiro atoms. The lowest BCUT2D eigenvalue weighted by Crippen LogP contribution is -1.97. The van der Waals surface area contributed by atoms with E-state index < -0.39 is 0 Å². The highest BCUT2D eigenvalue weighted by atomic mass is 16.3. The van der Waals surface area contributed by atoms with E-state index in [0.29, 0.717) is 11.5 Å². The van der Waals surface area contributed by atoms with Crippen LogP contribution >= 0.6 is 0 Å². The highest BCUT2D eigenvalue weighted by Crippen LogP contribution is 2.27. The van der Waals surface area contributed by atoms with E-state index in [-0.39, 0.29) is 5.75 Å². The van der Waals surface area contributed by atoms with Crippen molar-refractivity contribution < 1.29 is 5.11 Å². The summed E-state index contributed by atoms with van der Waals surface area (Å²) in [6.07, 6.45) is 3.16. The predicted octanol–water partition coefficient (Wildman–Crippen LogP) is 1.81. The molecule has 2 N–H and O–H groups in total. The van der Waals surface area contributed by atoms with Crippen molar-refractivity contribution in [2.75, 3.05) is 5.32 Å². The van der Waals surface area contributed by atoms with Gasteiger partial charge in [-0.3, -0.25) is 4.68 Å². The average Bonchev–Trinajstić information content (AvgIpc) is 2.76. The maximum atomic E-state index is 9.72. The minimum absolute atomic E-state index is 0.174. The first kappa shape index (κ1) is 10.5. The Hall–Kier alpha value is -2.63. The average molecular weight is 241 g/mol. The molecule has 2 aromatic heterocycles. The van der Waals surface area contributed by atoms with Gasteiger partial charge in [-0.25, -0.2) is 9.97 Å². The normalized spacial score (nSPS) is 10.7. The van der Waals surface area contributed by atoms with Gasteiger partial charge in [-0.15, -0.1) is 0 Å². The van der Waals surface area contributed by atoms with Crippen molar-refractivity contribution in [1.29, 1.82) is 0 Å². The maximum absolute atomic E-state index is 9.72. The summed E-state index contributed by atoms with van der Waals surface area (Å²) in [4.78, 5) is 8.32. The molecule has 3 rings (SSSR count). The van der Waals surface area contributed by atoms with E-state index in [1.165, 1.54) is 6.33 Å². The van der Waals surface area contributed by atoms with Crippen LogP contribution in [0, 0.1) is 0 Å². The monoisotopic (exact) mass is 241 g/mol. The summed E-state index contributed by atoms with van der Waals surface area (Å²) in [6, 6.07) is 6.99. The number of hydrogen-bond donors (Lipinski definition) is 2. The van der Waals surface area contributed by atoms with E-state index in [0.717, 1.165) is 11.0 Å². The van der Waals surface area contributed by atoms with Crippen LogP contribution in [0.1, 0.15) is 0 Å². The van der Waals surface area contributed by atoms with Crippen LogP contribution in [0.2, 0.25) is 0 Å². The second-order valence-electron chi connectivity index (χ2n) is 3.87. The van der Waals surface area contributed by atoms with Crippen molar-refractivity contribution in [3.05, 3.63) is 36.8 Å². The van der Waals surface area contributed by atoms with Crippen LogP contribution < -0.4 is 5.32 Å². The number of hydrogen-bond acceptors (Lipinski definition) is 5. The van der Waals surface area contributed by atoms with E-state index in [2.05, 4.69) is 20.4 Å². The molecule has 3 aromatic rings. The Morgan fingerprint density at radius 1 is 1.22 bits per heavy atom. The van der Waals surface area contributed by atoms with E-state index in [1.54, 1.807) is 29.1 Å². The Morgan fingerprint density at radius 3 is 2.89 bits per heavy atom. The van der Waals surface area contributed by atoms with Crippen LogP contribution in [-0.4, -0.2) is 24.9 Å². The molecule has 0 aliphatic rings. The summed E-state index contributed by atoms with van der Waals surface area (Å²) in [5.41, 5.74) is 1.34. The summed E-state index contributed by atoms with van der Waals surface area (Å²) in [6.45, 7) is 0. The van der Waals surface area contributed by atoms with Crippen LogP contribution in [0.5, 0.6) is 5.75 Å². The van der Waals surface area contributed by atoms with E-state index in [1.807, 2.05) is 13.1 Å². The van der Waals surface area contributed by atoms with Gasteiger partial charge in [0.05, 0.1) is 17.3 Å². The molecule has 2 heterocycles. The van der Waals surface area contributed by atoms with Crippen LogP contribution in [0.15, 0.2) is 36.8 Å². The Bertz CT molecular complexity index is 707. The second-order valence-corrected chi connectivity index (χ2v) is 3.87. The highest BCUT2D eigenvalue weighted by Gasteiger charge is 2.09. The molecule has 6 heteroatoms. The van der Waals surface area contributed by atoms with Crippen LogP contribution in [0.25, 0.3) is 11.0 Å². The van der Waals surface area contributed by atoms with Crippen molar-refractivity contribution >= 4 is 22.5 Å². The topological polar surface area (TPSA) is 75.9 Å². The summed E-state index contributed by atoms with van der Waals surface area (Å²) in [7, 11) is 1.82. The lowest BCUT2D eigenvalue weighted by molar-refractivity contribution is 0.478. The number of rotatable bonds is 2. The van der Waals surface area contributed by atoms with Crippen molar-refractivity contribution in [2.45, 2.75) is 0 Å². The molecule has 90 valence electrons. The first-order chi connectivity index (χ1) is 8.75. The van der Waals surface area contributed by atoms with Crippen LogP contribution in [-0.2, 0) is 7.05 Å². The molecule has 0 unspecified atom stereocenters. The van der Waals surface area contributed by atoms with Gasteiger partial charge in [-0.05, 0) is 12.1 Å². The van der Waals surface area contributed by atoms with Gasteiger partial charge in [-0.2, -0.15) is 5.10 Å². The van der Waals surface area contributed by atoms with Gasteiger partial charge in [0.15, 0.2) is 5.65 Å². The molecule has 0 aliphatic carbocycles. The summed E-state index contributed by atoms with van der Waals surface area (Å²) in [5.74, 6) is 0.794. The standard InChI is InChI=1S/C12H11N5O/c1-17-12-8(6-15-17)11(13-7-14-12)16-9-4-2-3-5-10(9)18/h2-7,18H,1H3,(H,13,14,16). The fourth-order valence-electron chi connectivity index (χ4n) is 1.77. The molecule has 0 aliphatic heterocycles. The zero-order valence-corrected chi connectivity index (χ0v) is 9.70. The van der Waals surface area contributed by atoms with Gasteiger partial charge in [0, 0.05) is 7.05 Å². The fraction of sp³-hybridized carbons (Fsp3) is 0.0833. The number of phenolic OH excluding ortho intramolecular Hbond substituents is 1. The first-order valence-corrected chi connectivity index (χ1v) is 5.43. The summed E-state index contributed by atoms with van der Waals surface area (Å²) in [5, 5.41) is 17.7. The highest BCUT2D eigenvalue weighted by molar-refractivity contribution is 5.88. The third kappa shape index (κ3) is 1.64. The van der Waals surface area contributed by atoms with E-state index >= 15 is 0 Å². The Balaban J connectivity index is 2.08. The predicted molar refractivity (Wildman–Crippen MR) is 67.7 cm³/mol. The lowest BCUT2D eigenvalue weighted by atomic mass is 10.3. The number of nitrogens with zero attached hydrogens (tertiary/aromatic N) is 4. The molecular formula is C12H11N5O. The number of phenols is 1. The molecule has 0 bridgehead atoms. The van der Waals surface area contributed by atoms with Crippen molar-refractivity contribution in [1.82, 2.24) is 19.7 Å². The smallest absolute Gasteiger partial charge is 0.163 e. The van der Waals surface area contributed by atoms with Gasteiger partial charge < -0.3 is 10.4 Å². The third-order valence-electron chi connectivity index (χ3n) is 2.69.